The van der Waals surface area contributed by atoms with Crippen molar-refractivity contribution in [2.45, 2.75) is 77.2 Å². The SMILES string of the molecule is CC1CCCCN1CCCNC(=O)CC1(CN)CCCCC1. The number of likely N-dealkylation sites (tertiary alicyclic amines) is 1. The van der Waals surface area contributed by atoms with Gasteiger partial charge in [-0.1, -0.05) is 25.7 Å². The first-order valence-electron chi connectivity index (χ1n) is 9.36. The molecule has 1 heterocycles. The molecule has 1 saturated heterocycles. The summed E-state index contributed by atoms with van der Waals surface area (Å²) in [5, 5.41) is 3.12. The van der Waals surface area contributed by atoms with Crippen molar-refractivity contribution in [3.63, 3.8) is 0 Å². The van der Waals surface area contributed by atoms with E-state index in [0.29, 0.717) is 19.0 Å². The second-order valence-electron chi connectivity index (χ2n) is 7.53. The summed E-state index contributed by atoms with van der Waals surface area (Å²) in [7, 11) is 0. The van der Waals surface area contributed by atoms with Crippen LogP contribution in [0.2, 0.25) is 0 Å². The van der Waals surface area contributed by atoms with Gasteiger partial charge in [0.05, 0.1) is 0 Å². The molecule has 1 unspecified atom stereocenters. The van der Waals surface area contributed by atoms with Gasteiger partial charge >= 0.3 is 0 Å². The van der Waals surface area contributed by atoms with Crippen molar-refractivity contribution in [1.82, 2.24) is 10.2 Å². The van der Waals surface area contributed by atoms with Gasteiger partial charge in [0, 0.05) is 25.6 Å². The zero-order valence-corrected chi connectivity index (χ0v) is 14.4. The van der Waals surface area contributed by atoms with Gasteiger partial charge in [-0.2, -0.15) is 0 Å². The number of hydrogen-bond acceptors (Lipinski definition) is 3. The van der Waals surface area contributed by atoms with Crippen LogP contribution in [0.3, 0.4) is 0 Å². The Morgan fingerprint density at radius 3 is 2.68 bits per heavy atom. The van der Waals surface area contributed by atoms with Gasteiger partial charge in [-0.15, -0.1) is 0 Å². The highest BCUT2D eigenvalue weighted by atomic mass is 16.1. The van der Waals surface area contributed by atoms with E-state index in [1.807, 2.05) is 0 Å². The van der Waals surface area contributed by atoms with Crippen LogP contribution in [0.15, 0.2) is 0 Å². The molecule has 0 aromatic heterocycles. The first kappa shape index (κ1) is 17.7. The average molecular weight is 309 g/mol. The fourth-order valence-corrected chi connectivity index (χ4v) is 4.16. The Balaban J connectivity index is 1.62. The molecule has 3 N–H and O–H groups in total. The molecule has 1 amide bonds. The summed E-state index contributed by atoms with van der Waals surface area (Å²) in [5.74, 6) is 0.207. The van der Waals surface area contributed by atoms with Crippen LogP contribution < -0.4 is 11.1 Å². The first-order chi connectivity index (χ1) is 10.7. The van der Waals surface area contributed by atoms with E-state index in [1.54, 1.807) is 0 Å². The van der Waals surface area contributed by atoms with E-state index in [4.69, 9.17) is 5.73 Å². The van der Waals surface area contributed by atoms with Gasteiger partial charge in [-0.25, -0.2) is 0 Å². The molecule has 0 bridgehead atoms. The second-order valence-corrected chi connectivity index (χ2v) is 7.53. The maximum atomic E-state index is 12.2. The molecule has 0 aromatic rings. The van der Waals surface area contributed by atoms with Crippen molar-refractivity contribution in [2.24, 2.45) is 11.1 Å². The van der Waals surface area contributed by atoms with Crippen LogP contribution >= 0.6 is 0 Å². The van der Waals surface area contributed by atoms with Gasteiger partial charge < -0.3 is 16.0 Å². The number of rotatable bonds is 7. The Morgan fingerprint density at radius 2 is 2.00 bits per heavy atom. The molecule has 2 aliphatic rings. The summed E-state index contributed by atoms with van der Waals surface area (Å²) < 4.78 is 0. The molecule has 4 heteroatoms. The number of nitrogens with two attached hydrogens (primary N) is 1. The Hall–Kier alpha value is -0.610. The minimum Gasteiger partial charge on any atom is -0.356 e. The molecule has 2 fully saturated rings. The summed E-state index contributed by atoms with van der Waals surface area (Å²) >= 11 is 0. The highest BCUT2D eigenvalue weighted by Gasteiger charge is 2.32. The van der Waals surface area contributed by atoms with Crippen molar-refractivity contribution in [2.75, 3.05) is 26.2 Å². The van der Waals surface area contributed by atoms with E-state index >= 15 is 0 Å². The summed E-state index contributed by atoms with van der Waals surface area (Å²) in [6.45, 7) is 6.13. The van der Waals surface area contributed by atoms with E-state index in [0.717, 1.165) is 32.4 Å². The van der Waals surface area contributed by atoms with Gasteiger partial charge in [-0.3, -0.25) is 4.79 Å². The number of amides is 1. The van der Waals surface area contributed by atoms with Crippen molar-refractivity contribution in [3.8, 4) is 0 Å². The average Bonchev–Trinajstić information content (AvgIpc) is 2.54. The smallest absolute Gasteiger partial charge is 0.220 e. The van der Waals surface area contributed by atoms with Crippen LogP contribution in [-0.4, -0.2) is 43.0 Å². The maximum Gasteiger partial charge on any atom is 0.220 e. The first-order valence-corrected chi connectivity index (χ1v) is 9.36. The Bertz CT molecular complexity index is 339. The molecular weight excluding hydrogens is 274 g/mol. The molecular formula is C18H35N3O. The largest absolute Gasteiger partial charge is 0.356 e. The minimum absolute atomic E-state index is 0.0870. The molecule has 1 aliphatic heterocycles. The Labute approximate surface area is 136 Å². The normalized spacial score (nSPS) is 25.8. The lowest BCUT2D eigenvalue weighted by Crippen LogP contribution is -2.41. The van der Waals surface area contributed by atoms with Gasteiger partial charge in [0.2, 0.25) is 5.91 Å². The third kappa shape index (κ3) is 5.24. The van der Waals surface area contributed by atoms with Gasteiger partial charge in [0.1, 0.15) is 0 Å². The number of carbonyl (C=O) groups excluding carboxylic acids is 1. The lowest BCUT2D eigenvalue weighted by Gasteiger charge is -2.35. The second kappa shape index (κ2) is 8.88. The highest BCUT2D eigenvalue weighted by molar-refractivity contribution is 5.76. The number of nitrogens with one attached hydrogen (secondary N) is 1. The van der Waals surface area contributed by atoms with E-state index in [-0.39, 0.29) is 11.3 Å². The molecule has 4 nitrogen and oxygen atoms in total. The number of carbonyl (C=O) groups is 1. The van der Waals surface area contributed by atoms with Crippen molar-refractivity contribution >= 4 is 5.91 Å². The number of nitrogens with zero attached hydrogens (tertiary/aromatic N) is 1. The molecule has 22 heavy (non-hydrogen) atoms. The Morgan fingerprint density at radius 1 is 1.23 bits per heavy atom. The van der Waals surface area contributed by atoms with Gasteiger partial charge in [0.15, 0.2) is 0 Å². The molecule has 0 radical (unpaired) electrons. The van der Waals surface area contributed by atoms with E-state index in [1.165, 1.54) is 45.1 Å². The predicted molar refractivity (Wildman–Crippen MR) is 91.7 cm³/mol. The van der Waals surface area contributed by atoms with Crippen molar-refractivity contribution < 1.29 is 4.79 Å². The minimum atomic E-state index is 0.0870. The van der Waals surface area contributed by atoms with Crippen LogP contribution in [-0.2, 0) is 4.79 Å². The van der Waals surface area contributed by atoms with Gasteiger partial charge in [-0.05, 0) is 57.5 Å². The van der Waals surface area contributed by atoms with Crippen LogP contribution in [0.5, 0.6) is 0 Å². The van der Waals surface area contributed by atoms with E-state index in [9.17, 15) is 4.79 Å². The lowest BCUT2D eigenvalue weighted by atomic mass is 9.71. The fourth-order valence-electron chi connectivity index (χ4n) is 4.16. The molecule has 0 aromatic carbocycles. The van der Waals surface area contributed by atoms with Crippen LogP contribution in [0.4, 0.5) is 0 Å². The monoisotopic (exact) mass is 309 g/mol. The Kier molecular flexibility index (Phi) is 7.16. The summed E-state index contributed by atoms with van der Waals surface area (Å²) in [5.41, 5.74) is 6.05. The molecule has 1 aliphatic carbocycles. The summed E-state index contributed by atoms with van der Waals surface area (Å²) in [6.07, 6.45) is 11.7. The third-order valence-corrected chi connectivity index (χ3v) is 5.77. The van der Waals surface area contributed by atoms with E-state index in [2.05, 4.69) is 17.1 Å². The molecule has 1 atom stereocenters. The standard InChI is InChI=1S/C18H35N3O/c1-16-8-3-6-12-21(16)13-7-11-20-17(22)14-18(15-19)9-4-2-5-10-18/h16H,2-15,19H2,1H3,(H,20,22). The quantitative estimate of drug-likeness (QED) is 0.711. The number of hydrogen-bond donors (Lipinski definition) is 2. The highest BCUT2D eigenvalue weighted by Crippen LogP contribution is 2.38. The molecule has 2 rings (SSSR count). The van der Waals surface area contributed by atoms with E-state index < -0.39 is 0 Å². The third-order valence-electron chi connectivity index (χ3n) is 5.77. The molecule has 1 saturated carbocycles. The zero-order valence-electron chi connectivity index (χ0n) is 14.4. The van der Waals surface area contributed by atoms with Crippen molar-refractivity contribution in [1.29, 1.82) is 0 Å². The maximum absolute atomic E-state index is 12.2. The number of piperidine rings is 1. The summed E-state index contributed by atoms with van der Waals surface area (Å²) in [6, 6.07) is 0.715. The molecule has 0 spiro atoms. The summed E-state index contributed by atoms with van der Waals surface area (Å²) in [4.78, 5) is 14.8. The van der Waals surface area contributed by atoms with Crippen LogP contribution in [0.25, 0.3) is 0 Å². The predicted octanol–water partition coefficient (Wildman–Crippen LogP) is 2.67. The van der Waals surface area contributed by atoms with Crippen LogP contribution in [0, 0.1) is 5.41 Å². The fraction of sp³-hybridized carbons (Fsp3) is 0.944. The lowest BCUT2D eigenvalue weighted by molar-refractivity contribution is -0.123. The topological polar surface area (TPSA) is 58.4 Å². The molecule has 128 valence electrons. The van der Waals surface area contributed by atoms with Crippen molar-refractivity contribution in [3.05, 3.63) is 0 Å². The van der Waals surface area contributed by atoms with Crippen LogP contribution in [0.1, 0.15) is 71.1 Å². The zero-order chi connectivity index (χ0) is 15.8. The van der Waals surface area contributed by atoms with Gasteiger partial charge in [0.25, 0.3) is 0 Å².